The Bertz CT molecular complexity index is 2250. The molecule has 2 aromatic heterocycles. The van der Waals surface area contributed by atoms with Gasteiger partial charge in [0.15, 0.2) is 24.0 Å². The van der Waals surface area contributed by atoms with Crippen molar-refractivity contribution >= 4 is 65.9 Å². The number of anilines is 5. The average Bonchev–Trinajstić information content (AvgIpc) is 3.96. The molecule has 2 aromatic carbocycles. The van der Waals surface area contributed by atoms with Crippen LogP contribution < -0.4 is 41.3 Å². The number of halogens is 1. The average molecular weight is 968 g/mol. The first-order valence-electron chi connectivity index (χ1n) is 24.1. The number of imidazole rings is 1. The first-order valence-corrected chi connectivity index (χ1v) is 24.1. The summed E-state index contributed by atoms with van der Waals surface area (Å²) in [5, 5.41) is 18.5. The largest absolute Gasteiger partial charge is 0.394 e. The third kappa shape index (κ3) is 21.2. The number of rotatable bonds is 29. The van der Waals surface area contributed by atoms with Gasteiger partial charge in [0.1, 0.15) is 18.2 Å². The number of alkyl halides is 1. The molecule has 70 heavy (non-hydrogen) atoms. The molecule has 17 heteroatoms. The molecule has 1 unspecified atom stereocenters. The quantitative estimate of drug-likeness (QED) is 0.0152. The Hall–Kier alpha value is -6.88. The van der Waals surface area contributed by atoms with E-state index in [0.717, 1.165) is 81.2 Å². The summed E-state index contributed by atoms with van der Waals surface area (Å²) in [6.07, 6.45) is 24.8. The summed E-state index contributed by atoms with van der Waals surface area (Å²) in [6, 6.07) is 16.1. The molecule has 1 aliphatic rings. The molecule has 2 amide bonds. The van der Waals surface area contributed by atoms with Crippen LogP contribution in [-0.2, 0) is 25.6 Å². The number of aromatic nitrogens is 3. The van der Waals surface area contributed by atoms with Crippen molar-refractivity contribution in [1.29, 1.82) is 0 Å². The van der Waals surface area contributed by atoms with Gasteiger partial charge in [-0.2, -0.15) is 0 Å². The molecule has 0 saturated heterocycles. The van der Waals surface area contributed by atoms with Crippen molar-refractivity contribution in [3.05, 3.63) is 108 Å². The second-order valence-corrected chi connectivity index (χ2v) is 16.8. The number of unbranched alkanes of at least 4 members (excludes halogenated alkanes) is 7. The van der Waals surface area contributed by atoms with Crippen LogP contribution in [0.4, 0.5) is 33.0 Å². The molecule has 0 bridgehead atoms. The highest BCUT2D eigenvalue weighted by atomic mass is 19.1. The minimum Gasteiger partial charge on any atom is -0.394 e. The Labute approximate surface area is 415 Å². The molecule has 5 N–H and O–H groups in total. The summed E-state index contributed by atoms with van der Waals surface area (Å²) in [6.45, 7) is 8.26. The summed E-state index contributed by atoms with van der Waals surface area (Å²) in [5.41, 5.74) is 7.03. The van der Waals surface area contributed by atoms with Gasteiger partial charge >= 0.3 is 0 Å². The maximum absolute atomic E-state index is 11.7. The van der Waals surface area contributed by atoms with Crippen LogP contribution in [0.15, 0.2) is 91.6 Å². The van der Waals surface area contributed by atoms with Crippen molar-refractivity contribution in [3.63, 3.8) is 0 Å². The number of carbonyl (C=O) groups excluding carboxylic acids is 5. The van der Waals surface area contributed by atoms with Crippen molar-refractivity contribution in [3.8, 4) is 0 Å². The predicted molar refractivity (Wildman–Crippen MR) is 285 cm³/mol. The predicted octanol–water partition coefficient (Wildman–Crippen LogP) is 8.19. The van der Waals surface area contributed by atoms with Gasteiger partial charge in [-0.15, -0.1) is 5.10 Å². The SMILES string of the molecule is C=CNC.CCCC(C=O)N(C)c1ccc(CCCCCCCCCCNC=O)cc1N(C)C=O.CN[C@@H]1C[C@@H]1F.CNc1cc(N/C(C=O)=C/C=C\N(C)c2cccc(C)c2)nn2c(C=O)cnc12. The normalized spacial score (nSPS) is 13.9. The summed E-state index contributed by atoms with van der Waals surface area (Å²) < 4.78 is 13.1. The van der Waals surface area contributed by atoms with E-state index in [1.54, 1.807) is 50.5 Å². The standard InChI is InChI=1S/C25H41N3O3.C21H22N6O2.C4H8FN.C3H7N/c1-4-13-23(19-29)28(3)24-16-15-22(18-25(24)27(2)21-31)14-11-9-7-5-6-8-10-12-17-26-20-30;1-15-6-4-8-17(10-15)26(3)9-5-7-16(13-28)24-20-11-19(22-2)21-23-12-18(14-29)27(21)25-20;1-6-4-2-3(4)5;1-3-4-2/h15-16,18-21,23H,4-14,17H2,1-3H3,(H,26,30);4-14,22H,1-3H3,(H,24,25);3-4,6H,2H2,1H3;3-4H,1H2,2H3/b;9-5-,16-7+;;/t;;3-,4+;/m..0./s1. The van der Waals surface area contributed by atoms with Crippen LogP contribution in [0.2, 0.25) is 0 Å². The third-order valence-corrected chi connectivity index (χ3v) is 11.4. The molecule has 2 heterocycles. The zero-order valence-corrected chi connectivity index (χ0v) is 42.6. The molecule has 0 aliphatic heterocycles. The maximum atomic E-state index is 11.7. The maximum Gasteiger partial charge on any atom is 0.213 e. The van der Waals surface area contributed by atoms with E-state index in [-0.39, 0.29) is 12.1 Å². The summed E-state index contributed by atoms with van der Waals surface area (Å²) >= 11 is 0. The van der Waals surface area contributed by atoms with Crippen LogP contribution in [0.3, 0.4) is 0 Å². The Morgan fingerprint density at radius 2 is 1.60 bits per heavy atom. The monoisotopic (exact) mass is 968 g/mol. The Morgan fingerprint density at radius 1 is 0.914 bits per heavy atom. The number of allylic oxidation sites excluding steroid dienone is 3. The molecular formula is C53H78FN11O5. The van der Waals surface area contributed by atoms with Gasteiger partial charge in [0, 0.05) is 65.8 Å². The highest BCUT2D eigenvalue weighted by Gasteiger charge is 2.35. The van der Waals surface area contributed by atoms with Gasteiger partial charge in [-0.1, -0.05) is 76.6 Å². The topological polar surface area (TPSA) is 185 Å². The van der Waals surface area contributed by atoms with Crippen LogP contribution in [0.5, 0.6) is 0 Å². The minimum atomic E-state index is -0.546. The van der Waals surface area contributed by atoms with Crippen molar-refractivity contribution in [1.82, 2.24) is 30.5 Å². The van der Waals surface area contributed by atoms with E-state index in [1.165, 1.54) is 60.4 Å². The molecule has 1 saturated carbocycles. The van der Waals surface area contributed by atoms with Gasteiger partial charge in [-0.05, 0) is 99.8 Å². The first kappa shape index (κ1) is 59.2. The van der Waals surface area contributed by atoms with E-state index in [9.17, 15) is 28.4 Å². The molecule has 0 spiro atoms. The molecule has 16 nitrogen and oxygen atoms in total. The molecule has 1 aliphatic carbocycles. The van der Waals surface area contributed by atoms with Crippen LogP contribution in [0, 0.1) is 6.92 Å². The Kier molecular flexibility index (Phi) is 29.1. The molecular weight excluding hydrogens is 890 g/mol. The summed E-state index contributed by atoms with van der Waals surface area (Å²) in [4.78, 5) is 65.5. The van der Waals surface area contributed by atoms with Crippen LogP contribution in [0.1, 0.15) is 99.2 Å². The van der Waals surface area contributed by atoms with Crippen LogP contribution in [-0.4, -0.2) is 113 Å². The molecule has 1 fully saturated rings. The molecule has 382 valence electrons. The van der Waals surface area contributed by atoms with Gasteiger partial charge in [0.25, 0.3) is 0 Å². The van der Waals surface area contributed by atoms with Crippen molar-refractivity contribution in [2.45, 2.75) is 109 Å². The highest BCUT2D eigenvalue weighted by Crippen LogP contribution is 2.31. The fraction of sp³-hybridized carbons (Fsp3) is 0.453. The number of carbonyl (C=O) groups is 5. The number of likely N-dealkylation sites (N-methyl/N-ethyl adjacent to an activating group) is 1. The van der Waals surface area contributed by atoms with Gasteiger partial charge < -0.3 is 46.1 Å². The molecule has 4 aromatic rings. The van der Waals surface area contributed by atoms with Crippen molar-refractivity contribution in [2.75, 3.05) is 74.2 Å². The second kappa shape index (κ2) is 34.4. The number of aldehydes is 3. The summed E-state index contributed by atoms with van der Waals surface area (Å²) in [7, 11) is 11.0. The van der Waals surface area contributed by atoms with Gasteiger partial charge in [0.05, 0.1) is 35.0 Å². The Morgan fingerprint density at radius 3 is 2.14 bits per heavy atom. The van der Waals surface area contributed by atoms with Crippen molar-refractivity contribution in [2.24, 2.45) is 0 Å². The number of nitrogens with zero attached hydrogens (tertiary/aromatic N) is 6. The molecule has 0 radical (unpaired) electrons. The Balaban J connectivity index is 0.000000400. The fourth-order valence-electron chi connectivity index (χ4n) is 7.11. The fourth-order valence-corrected chi connectivity index (χ4v) is 7.11. The van der Waals surface area contributed by atoms with Gasteiger partial charge in [-0.3, -0.25) is 19.2 Å². The van der Waals surface area contributed by atoms with Crippen molar-refractivity contribution < 1.29 is 28.4 Å². The van der Waals surface area contributed by atoms with Gasteiger partial charge in [-0.25, -0.2) is 13.9 Å². The molecule has 3 atom stereocenters. The number of amides is 2. The lowest BCUT2D eigenvalue weighted by Gasteiger charge is -2.30. The summed E-state index contributed by atoms with van der Waals surface area (Å²) in [5.74, 6) is 0.404. The smallest absolute Gasteiger partial charge is 0.213 e. The molecule has 5 rings (SSSR count). The van der Waals surface area contributed by atoms with Crippen LogP contribution >= 0.6 is 0 Å². The lowest BCUT2D eigenvalue weighted by Crippen LogP contribution is -2.34. The number of aryl methyl sites for hydroxylation is 2. The first-order chi connectivity index (χ1) is 33.9. The number of fused-ring (bicyclic) bond motifs is 1. The van der Waals surface area contributed by atoms with E-state index >= 15 is 0 Å². The number of hydrogen-bond donors (Lipinski definition) is 5. The lowest BCUT2D eigenvalue weighted by atomic mass is 10.0. The van der Waals surface area contributed by atoms with E-state index in [0.29, 0.717) is 41.1 Å². The highest BCUT2D eigenvalue weighted by molar-refractivity contribution is 5.85. The number of hydrogen-bond acceptors (Lipinski definition) is 13. The van der Waals surface area contributed by atoms with E-state index in [1.807, 2.05) is 68.3 Å². The number of benzene rings is 2. The minimum absolute atomic E-state index is 0.184. The number of nitrogens with one attached hydrogen (secondary N) is 5. The lowest BCUT2D eigenvalue weighted by molar-refractivity contribution is -0.110. The zero-order chi connectivity index (χ0) is 51.7. The van der Waals surface area contributed by atoms with Gasteiger partial charge in [0.2, 0.25) is 12.8 Å². The van der Waals surface area contributed by atoms with E-state index in [2.05, 4.69) is 68.4 Å². The zero-order valence-electron chi connectivity index (χ0n) is 42.6. The van der Waals surface area contributed by atoms with Crippen LogP contribution in [0.25, 0.3) is 5.65 Å². The van der Waals surface area contributed by atoms with E-state index < -0.39 is 6.17 Å². The third-order valence-electron chi connectivity index (χ3n) is 11.4. The van der Waals surface area contributed by atoms with E-state index in [4.69, 9.17) is 0 Å². The second-order valence-electron chi connectivity index (χ2n) is 16.8.